The molecule has 1 atom stereocenters. The zero-order valence-electron chi connectivity index (χ0n) is 10.7. The van der Waals surface area contributed by atoms with E-state index >= 15 is 0 Å². The number of hydrogen-bond donors (Lipinski definition) is 0. The largest absolute Gasteiger partial charge is 0.376 e. The average Bonchev–Trinajstić information content (AvgIpc) is 2.31. The van der Waals surface area contributed by atoms with Crippen molar-refractivity contribution in [2.45, 2.75) is 49.1 Å². The fourth-order valence-electron chi connectivity index (χ4n) is 2.29. The summed E-state index contributed by atoms with van der Waals surface area (Å²) in [6, 6.07) is 0. The highest BCUT2D eigenvalue weighted by Gasteiger charge is 2.20. The van der Waals surface area contributed by atoms with E-state index in [9.17, 15) is 0 Å². The van der Waals surface area contributed by atoms with Crippen LogP contribution < -0.4 is 0 Å². The molecular formula is C12H26AlNO. The molecule has 1 heterocycles. The second-order valence-electron chi connectivity index (χ2n) is 4.67. The van der Waals surface area contributed by atoms with Crippen LogP contribution in [0.4, 0.5) is 0 Å². The van der Waals surface area contributed by atoms with Crippen molar-refractivity contribution in [3.8, 4) is 0 Å². The molecule has 1 fully saturated rings. The van der Waals surface area contributed by atoms with Gasteiger partial charge >= 0.3 is 0 Å². The predicted octanol–water partition coefficient (Wildman–Crippen LogP) is 2.63. The highest BCUT2D eigenvalue weighted by atomic mass is 27.2. The maximum atomic E-state index is 5.69. The first kappa shape index (κ1) is 13.5. The third-order valence-electron chi connectivity index (χ3n) is 3.69. The van der Waals surface area contributed by atoms with Gasteiger partial charge in [0.1, 0.15) is 0 Å². The van der Waals surface area contributed by atoms with E-state index in [4.69, 9.17) is 4.74 Å². The number of hydrogen-bond acceptors (Lipinski definition) is 2. The highest BCUT2D eigenvalue weighted by Crippen LogP contribution is 2.11. The van der Waals surface area contributed by atoms with E-state index in [0.717, 1.165) is 13.2 Å². The van der Waals surface area contributed by atoms with E-state index in [0.29, 0.717) is 6.10 Å². The predicted molar refractivity (Wildman–Crippen MR) is 68.0 cm³/mol. The second-order valence-corrected chi connectivity index (χ2v) is 8.62. The van der Waals surface area contributed by atoms with Crippen LogP contribution in [0.1, 0.15) is 27.2 Å². The van der Waals surface area contributed by atoms with Gasteiger partial charge in [-0.15, -0.1) is 0 Å². The van der Waals surface area contributed by atoms with Gasteiger partial charge in [-0.05, 0) is 13.0 Å². The summed E-state index contributed by atoms with van der Waals surface area (Å²) in [5, 5.41) is 4.44. The van der Waals surface area contributed by atoms with Gasteiger partial charge in [0.25, 0.3) is 14.1 Å². The third kappa shape index (κ3) is 4.87. The fraction of sp³-hybridized carbons (Fsp3) is 1.00. The van der Waals surface area contributed by atoms with Crippen LogP contribution in [0.5, 0.6) is 0 Å². The zero-order valence-corrected chi connectivity index (χ0v) is 11.8. The minimum Gasteiger partial charge on any atom is -0.376 e. The lowest BCUT2D eigenvalue weighted by Gasteiger charge is -2.32. The van der Waals surface area contributed by atoms with E-state index in [-0.39, 0.29) is 14.1 Å². The molecule has 1 aliphatic rings. The molecule has 1 rings (SSSR count). The average molecular weight is 227 g/mol. The lowest BCUT2D eigenvalue weighted by atomic mass is 10.2. The molecule has 0 aromatic rings. The Balaban J connectivity index is 2.20. The zero-order chi connectivity index (χ0) is 11.1. The first-order valence-corrected chi connectivity index (χ1v) is 9.09. The Morgan fingerprint density at radius 1 is 1.27 bits per heavy atom. The standard InChI is InChI=1S/C8H16NO.2C2H5.Al/c1-3-8-7-9(4-2)5-6-10-8;2*1-2;/h8H,2-7H2,1H3;2*1H2,2H3;. The molecule has 15 heavy (non-hydrogen) atoms. The summed E-state index contributed by atoms with van der Waals surface area (Å²) in [5.41, 5.74) is 0. The monoisotopic (exact) mass is 227 g/mol. The second kappa shape index (κ2) is 7.68. The van der Waals surface area contributed by atoms with Crippen LogP contribution in [0.25, 0.3) is 0 Å². The summed E-state index contributed by atoms with van der Waals surface area (Å²) in [6.45, 7) is 11.6. The van der Waals surface area contributed by atoms with Gasteiger partial charge in [0.05, 0.1) is 12.7 Å². The van der Waals surface area contributed by atoms with Crippen LogP contribution in [-0.4, -0.2) is 51.4 Å². The first-order valence-electron chi connectivity index (χ1n) is 6.64. The van der Waals surface area contributed by atoms with Crippen molar-refractivity contribution in [1.29, 1.82) is 0 Å². The first-order chi connectivity index (χ1) is 7.30. The minimum atomic E-state index is -0.375. The Morgan fingerprint density at radius 2 is 2.00 bits per heavy atom. The summed E-state index contributed by atoms with van der Waals surface area (Å²) in [4.78, 5) is 2.61. The van der Waals surface area contributed by atoms with Crippen molar-refractivity contribution in [3.05, 3.63) is 0 Å². The Kier molecular flexibility index (Phi) is 6.92. The number of nitrogens with zero attached hydrogens (tertiary/aromatic N) is 1. The van der Waals surface area contributed by atoms with Gasteiger partial charge in [-0.3, -0.25) is 4.90 Å². The van der Waals surface area contributed by atoms with Crippen molar-refractivity contribution >= 4 is 14.1 Å². The van der Waals surface area contributed by atoms with Crippen molar-refractivity contribution in [3.63, 3.8) is 0 Å². The van der Waals surface area contributed by atoms with Crippen LogP contribution in [0.3, 0.4) is 0 Å². The quantitative estimate of drug-likeness (QED) is 0.647. The number of rotatable bonds is 6. The maximum absolute atomic E-state index is 5.69. The molecule has 2 nitrogen and oxygen atoms in total. The topological polar surface area (TPSA) is 12.5 Å². The Morgan fingerprint density at radius 3 is 2.60 bits per heavy atom. The Hall–Kier alpha value is 0.452. The highest BCUT2D eigenvalue weighted by molar-refractivity contribution is 6.58. The maximum Gasteiger partial charge on any atom is 0.262 e. The molecule has 0 bridgehead atoms. The van der Waals surface area contributed by atoms with Gasteiger partial charge in [0.15, 0.2) is 0 Å². The summed E-state index contributed by atoms with van der Waals surface area (Å²) in [7, 11) is 0. The van der Waals surface area contributed by atoms with Crippen LogP contribution in [0.15, 0.2) is 0 Å². The minimum absolute atomic E-state index is 0.375. The molecule has 0 saturated carbocycles. The molecule has 1 aliphatic heterocycles. The Bertz CT molecular complexity index is 162. The van der Waals surface area contributed by atoms with Gasteiger partial charge < -0.3 is 4.74 Å². The molecule has 0 aromatic heterocycles. The lowest BCUT2D eigenvalue weighted by Crippen LogP contribution is -2.43. The summed E-state index contributed by atoms with van der Waals surface area (Å²) < 4.78 is 5.69. The molecule has 0 aliphatic carbocycles. The summed E-state index contributed by atoms with van der Waals surface area (Å²) in [5.74, 6) is 0. The summed E-state index contributed by atoms with van der Waals surface area (Å²) >= 11 is -0.375. The van der Waals surface area contributed by atoms with E-state index in [1.165, 1.54) is 35.4 Å². The van der Waals surface area contributed by atoms with Crippen molar-refractivity contribution in [2.75, 3.05) is 26.2 Å². The van der Waals surface area contributed by atoms with Crippen molar-refractivity contribution < 1.29 is 4.74 Å². The van der Waals surface area contributed by atoms with Gasteiger partial charge in [-0.25, -0.2) is 0 Å². The van der Waals surface area contributed by atoms with Crippen LogP contribution >= 0.6 is 0 Å². The number of ether oxygens (including phenoxy) is 1. The smallest absolute Gasteiger partial charge is 0.262 e. The van der Waals surface area contributed by atoms with Gasteiger partial charge in [0, 0.05) is 13.1 Å². The molecule has 0 N–H and O–H groups in total. The molecule has 1 unspecified atom stereocenters. The summed E-state index contributed by atoms with van der Waals surface area (Å²) in [6.07, 6.45) is 1.67. The van der Waals surface area contributed by atoms with Crippen LogP contribution in [0, 0.1) is 0 Å². The van der Waals surface area contributed by atoms with Gasteiger partial charge in [0.2, 0.25) is 0 Å². The molecule has 88 valence electrons. The van der Waals surface area contributed by atoms with E-state index in [2.05, 4.69) is 25.7 Å². The molecule has 0 aromatic carbocycles. The lowest BCUT2D eigenvalue weighted by molar-refractivity contribution is -0.0278. The third-order valence-corrected chi connectivity index (χ3v) is 7.07. The van der Waals surface area contributed by atoms with Crippen LogP contribution in [0.2, 0.25) is 15.8 Å². The van der Waals surface area contributed by atoms with E-state index < -0.39 is 0 Å². The molecule has 0 amide bonds. The molecule has 3 heteroatoms. The molecular weight excluding hydrogens is 201 g/mol. The Labute approximate surface area is 99.4 Å². The normalized spacial score (nSPS) is 23.0. The number of morpholine rings is 1. The fourth-order valence-corrected chi connectivity index (χ4v) is 4.42. The van der Waals surface area contributed by atoms with Gasteiger partial charge in [-0.2, -0.15) is 0 Å². The van der Waals surface area contributed by atoms with E-state index in [1.54, 1.807) is 0 Å². The molecule has 1 saturated heterocycles. The van der Waals surface area contributed by atoms with Gasteiger partial charge in [-0.1, -0.05) is 36.6 Å². The SMILES string of the molecule is CCC1CN(C[CH2][Al]([CH2]C)[CH2]C)CCO1. The van der Waals surface area contributed by atoms with Crippen LogP contribution in [-0.2, 0) is 4.74 Å². The van der Waals surface area contributed by atoms with E-state index in [1.807, 2.05) is 0 Å². The molecule has 0 spiro atoms. The van der Waals surface area contributed by atoms with Crippen molar-refractivity contribution in [2.24, 2.45) is 0 Å². The molecule has 0 radical (unpaired) electrons. The van der Waals surface area contributed by atoms with Crippen molar-refractivity contribution in [1.82, 2.24) is 4.90 Å².